The van der Waals surface area contributed by atoms with Gasteiger partial charge >= 0.3 is 0 Å². The molecule has 0 amide bonds. The molecular weight excluding hydrogens is 268 g/mol. The molecule has 9 nitrogen and oxygen atoms in total. The average Bonchev–Trinajstić information content (AvgIpc) is 2.61. The van der Waals surface area contributed by atoms with Crippen molar-refractivity contribution < 1.29 is 20.1 Å². The molecule has 1 saturated heterocycles. The topological polar surface area (TPSA) is 155 Å². The zero-order valence-corrected chi connectivity index (χ0v) is 10.7. The summed E-state index contributed by atoms with van der Waals surface area (Å²) in [5, 5.41) is 36.5. The summed E-state index contributed by atoms with van der Waals surface area (Å²) in [6.07, 6.45) is -1.12. The van der Waals surface area contributed by atoms with Crippen LogP contribution in [0.25, 0.3) is 0 Å². The Bertz CT molecular complexity index is 584. The van der Waals surface area contributed by atoms with Gasteiger partial charge in [0.05, 0.1) is 6.61 Å². The number of aromatic nitrogens is 2. The van der Waals surface area contributed by atoms with Gasteiger partial charge in [-0.2, -0.15) is 0 Å². The minimum Gasteiger partial charge on any atom is -0.394 e. The van der Waals surface area contributed by atoms with Gasteiger partial charge in [0.2, 0.25) is 0 Å². The van der Waals surface area contributed by atoms with Crippen LogP contribution in [0, 0.1) is 5.41 Å². The molecule has 1 aromatic rings. The number of nitrogens with one attached hydrogen (secondary N) is 1. The van der Waals surface area contributed by atoms with Gasteiger partial charge in [-0.1, -0.05) is 0 Å². The number of ether oxygens (including phenoxy) is 1. The molecule has 1 aliphatic rings. The minimum absolute atomic E-state index is 0.283. The van der Waals surface area contributed by atoms with Crippen LogP contribution in [-0.2, 0) is 4.74 Å². The van der Waals surface area contributed by atoms with Gasteiger partial charge in [-0.3, -0.25) is 14.8 Å². The fourth-order valence-corrected chi connectivity index (χ4v) is 2.18. The van der Waals surface area contributed by atoms with Crippen LogP contribution in [0.1, 0.15) is 18.8 Å². The molecule has 0 bridgehead atoms. The number of aliphatic hydroxyl groups excluding tert-OH is 2. The van der Waals surface area contributed by atoms with Crippen LogP contribution in [0.3, 0.4) is 0 Å². The summed E-state index contributed by atoms with van der Waals surface area (Å²) < 4.78 is 6.30. The van der Waals surface area contributed by atoms with Crippen LogP contribution in [0.5, 0.6) is 0 Å². The fraction of sp³-hybridized carbons (Fsp3) is 0.545. The summed E-state index contributed by atoms with van der Waals surface area (Å²) >= 11 is 0. The van der Waals surface area contributed by atoms with E-state index < -0.39 is 42.0 Å². The minimum atomic E-state index is -1.79. The van der Waals surface area contributed by atoms with Crippen molar-refractivity contribution in [3.05, 3.63) is 28.4 Å². The summed E-state index contributed by atoms with van der Waals surface area (Å²) in [6.45, 7) is 0.783. The number of amidine groups is 1. The normalized spacial score (nSPS) is 33.3. The third-order valence-corrected chi connectivity index (χ3v) is 3.31. The highest BCUT2D eigenvalue weighted by Crippen LogP contribution is 2.37. The first-order valence-electron chi connectivity index (χ1n) is 5.89. The van der Waals surface area contributed by atoms with Crippen molar-refractivity contribution in [1.82, 2.24) is 9.55 Å². The molecular formula is C11H16N4O5. The Labute approximate surface area is 113 Å². The summed E-state index contributed by atoms with van der Waals surface area (Å²) in [5.74, 6) is -0.513. The lowest BCUT2D eigenvalue weighted by Gasteiger charge is -2.27. The maximum Gasteiger partial charge on any atom is 0.282 e. The fourth-order valence-electron chi connectivity index (χ4n) is 2.18. The monoisotopic (exact) mass is 284 g/mol. The van der Waals surface area contributed by atoms with Gasteiger partial charge in [0, 0.05) is 12.4 Å². The third-order valence-electron chi connectivity index (χ3n) is 3.31. The van der Waals surface area contributed by atoms with Gasteiger partial charge in [-0.15, -0.1) is 0 Å². The molecule has 1 unspecified atom stereocenters. The lowest BCUT2D eigenvalue weighted by atomic mass is 9.96. The molecule has 2 rings (SSSR count). The lowest BCUT2D eigenvalue weighted by molar-refractivity contribution is -0.0983. The zero-order valence-electron chi connectivity index (χ0n) is 10.7. The molecule has 2 heterocycles. The van der Waals surface area contributed by atoms with Gasteiger partial charge in [0.25, 0.3) is 5.56 Å². The Hall–Kier alpha value is -1.81. The van der Waals surface area contributed by atoms with Gasteiger partial charge in [-0.05, 0) is 6.92 Å². The van der Waals surface area contributed by atoms with Crippen molar-refractivity contribution in [2.45, 2.75) is 31.0 Å². The molecule has 0 aliphatic carbocycles. The van der Waals surface area contributed by atoms with Gasteiger partial charge in [-0.25, -0.2) is 4.98 Å². The van der Waals surface area contributed by atoms with E-state index >= 15 is 0 Å². The van der Waals surface area contributed by atoms with Gasteiger partial charge < -0.3 is 25.8 Å². The SMILES string of the molecule is C[C@]1(O)C(O)[C@@H](CO)O[C@H]1n1ccnc(C(=N)N)c1=O. The van der Waals surface area contributed by atoms with E-state index in [-0.39, 0.29) is 5.69 Å². The molecule has 1 aromatic heterocycles. The van der Waals surface area contributed by atoms with Crippen LogP contribution < -0.4 is 11.3 Å². The van der Waals surface area contributed by atoms with Crippen LogP contribution in [-0.4, -0.2) is 55.1 Å². The van der Waals surface area contributed by atoms with Crippen molar-refractivity contribution in [2.24, 2.45) is 5.73 Å². The molecule has 0 spiro atoms. The molecule has 1 aliphatic heterocycles. The van der Waals surface area contributed by atoms with Crippen LogP contribution in [0.15, 0.2) is 17.2 Å². The van der Waals surface area contributed by atoms with E-state index in [0.717, 1.165) is 4.57 Å². The predicted octanol–water partition coefficient (Wildman–Crippen LogP) is -2.47. The summed E-state index contributed by atoms with van der Waals surface area (Å²) in [6, 6.07) is 0. The second kappa shape index (κ2) is 4.94. The average molecular weight is 284 g/mol. The van der Waals surface area contributed by atoms with Crippen molar-refractivity contribution in [3.63, 3.8) is 0 Å². The first kappa shape index (κ1) is 14.6. The number of aliphatic hydroxyl groups is 3. The molecule has 110 valence electrons. The number of nitrogen functional groups attached to an aromatic ring is 1. The molecule has 1 fully saturated rings. The van der Waals surface area contributed by atoms with E-state index in [1.54, 1.807) is 0 Å². The highest BCUT2D eigenvalue weighted by molar-refractivity contribution is 5.92. The highest BCUT2D eigenvalue weighted by Gasteiger charge is 2.53. The van der Waals surface area contributed by atoms with Gasteiger partial charge in [0.1, 0.15) is 23.6 Å². The van der Waals surface area contributed by atoms with E-state index in [9.17, 15) is 15.0 Å². The summed E-state index contributed by atoms with van der Waals surface area (Å²) in [5.41, 5.74) is 2.45. The number of nitrogens with zero attached hydrogens (tertiary/aromatic N) is 2. The van der Waals surface area contributed by atoms with E-state index in [1.165, 1.54) is 19.3 Å². The Kier molecular flexibility index (Phi) is 3.61. The predicted molar refractivity (Wildman–Crippen MR) is 67.1 cm³/mol. The van der Waals surface area contributed by atoms with E-state index in [4.69, 9.17) is 21.0 Å². The van der Waals surface area contributed by atoms with Gasteiger partial charge in [0.15, 0.2) is 11.9 Å². The van der Waals surface area contributed by atoms with E-state index in [0.29, 0.717) is 0 Å². The number of rotatable bonds is 3. The smallest absolute Gasteiger partial charge is 0.282 e. The molecule has 4 atom stereocenters. The number of hydrogen-bond acceptors (Lipinski definition) is 7. The van der Waals surface area contributed by atoms with Crippen LogP contribution in [0.2, 0.25) is 0 Å². The second-order valence-electron chi connectivity index (χ2n) is 4.78. The van der Waals surface area contributed by atoms with Crippen molar-refractivity contribution in [3.8, 4) is 0 Å². The zero-order chi connectivity index (χ0) is 15.1. The lowest BCUT2D eigenvalue weighted by Crippen LogP contribution is -2.46. The Morgan fingerprint density at radius 1 is 1.70 bits per heavy atom. The molecule has 0 radical (unpaired) electrons. The van der Waals surface area contributed by atoms with Crippen molar-refractivity contribution in [1.29, 1.82) is 5.41 Å². The van der Waals surface area contributed by atoms with E-state index in [1.807, 2.05) is 0 Å². The molecule has 20 heavy (non-hydrogen) atoms. The summed E-state index contributed by atoms with van der Waals surface area (Å²) in [4.78, 5) is 15.8. The number of hydrogen-bond donors (Lipinski definition) is 5. The first-order valence-corrected chi connectivity index (χ1v) is 5.89. The quantitative estimate of drug-likeness (QED) is 0.304. The Morgan fingerprint density at radius 2 is 2.35 bits per heavy atom. The summed E-state index contributed by atoms with van der Waals surface area (Å²) in [7, 11) is 0. The molecule has 0 saturated carbocycles. The second-order valence-corrected chi connectivity index (χ2v) is 4.78. The van der Waals surface area contributed by atoms with Crippen LogP contribution >= 0.6 is 0 Å². The standard InChI is InChI=1S/C11H16N4O5/c1-11(19)7(17)5(4-16)20-10(11)15-3-2-14-6(8(12)13)9(15)18/h2-3,5,7,10,16-17,19H,4H2,1H3,(H3,12,13)/t5-,7?,10-,11+/m1/s1. The molecule has 0 aromatic carbocycles. The highest BCUT2D eigenvalue weighted by atomic mass is 16.6. The maximum atomic E-state index is 12.1. The van der Waals surface area contributed by atoms with Crippen molar-refractivity contribution >= 4 is 5.84 Å². The Morgan fingerprint density at radius 3 is 2.85 bits per heavy atom. The van der Waals surface area contributed by atoms with Crippen molar-refractivity contribution in [2.75, 3.05) is 6.61 Å². The maximum absolute atomic E-state index is 12.1. The number of nitrogens with two attached hydrogens (primary N) is 1. The molecule has 9 heteroatoms. The van der Waals surface area contributed by atoms with Crippen LogP contribution in [0.4, 0.5) is 0 Å². The largest absolute Gasteiger partial charge is 0.394 e. The first-order chi connectivity index (χ1) is 9.30. The third kappa shape index (κ3) is 2.10. The molecule has 6 N–H and O–H groups in total. The Balaban J connectivity index is 2.50. The van der Waals surface area contributed by atoms with E-state index in [2.05, 4.69) is 4.98 Å².